The monoisotopic (exact) mass is 523 g/mol. The molecule has 1 amide bonds. The third kappa shape index (κ3) is 4.79. The average molecular weight is 524 g/mol. The van der Waals surface area contributed by atoms with E-state index in [1.165, 1.54) is 0 Å². The molecule has 0 atom stereocenters. The summed E-state index contributed by atoms with van der Waals surface area (Å²) in [7, 11) is 1.89. The number of pyridine rings is 1. The van der Waals surface area contributed by atoms with Gasteiger partial charge in [0.2, 0.25) is 5.91 Å². The van der Waals surface area contributed by atoms with E-state index in [2.05, 4.69) is 40.5 Å². The highest BCUT2D eigenvalue weighted by Crippen LogP contribution is 2.49. The van der Waals surface area contributed by atoms with E-state index >= 15 is 0 Å². The van der Waals surface area contributed by atoms with Crippen LogP contribution in [0.25, 0.3) is 22.2 Å². The van der Waals surface area contributed by atoms with Gasteiger partial charge in [-0.05, 0) is 47.7 Å². The quantitative estimate of drug-likeness (QED) is 0.338. The normalized spacial score (nSPS) is 17.3. The minimum atomic E-state index is -0.410. The van der Waals surface area contributed by atoms with E-state index < -0.39 is 5.41 Å². The van der Waals surface area contributed by atoms with Crippen LogP contribution in [0.4, 0.5) is 11.5 Å². The molecular weight excluding hydrogens is 486 g/mol. The number of rotatable bonds is 7. The van der Waals surface area contributed by atoms with Crippen LogP contribution < -0.4 is 16.4 Å². The van der Waals surface area contributed by atoms with Gasteiger partial charge in [-0.1, -0.05) is 56.3 Å². The Morgan fingerprint density at radius 2 is 1.77 bits per heavy atom. The molecule has 2 aromatic carbocycles. The van der Waals surface area contributed by atoms with E-state index in [4.69, 9.17) is 10.7 Å². The first kappa shape index (κ1) is 25.5. The van der Waals surface area contributed by atoms with Crippen molar-refractivity contribution >= 4 is 28.4 Å². The molecule has 2 aromatic heterocycles. The second-order valence-corrected chi connectivity index (χ2v) is 11.7. The summed E-state index contributed by atoms with van der Waals surface area (Å²) in [6.45, 7) is 9.54. The number of carbonyl (C=O) groups is 1. The number of carbonyl (C=O) groups excluding carboxylic acids is 1. The van der Waals surface area contributed by atoms with E-state index in [0.29, 0.717) is 5.82 Å². The van der Waals surface area contributed by atoms with Gasteiger partial charge in [-0.3, -0.25) is 9.69 Å². The fraction of sp³-hybridized carbons (Fsp3) is 0.387. The number of fused-ring (bicyclic) bond motifs is 1. The Labute approximate surface area is 229 Å². The Morgan fingerprint density at radius 1 is 1.08 bits per heavy atom. The molecule has 1 saturated heterocycles. The zero-order valence-electron chi connectivity index (χ0n) is 23.0. The highest BCUT2D eigenvalue weighted by Gasteiger charge is 2.51. The Balaban J connectivity index is 1.30. The van der Waals surface area contributed by atoms with Crippen LogP contribution in [-0.2, 0) is 22.7 Å². The maximum Gasteiger partial charge on any atom is 0.235 e. The number of aromatic nitrogens is 3. The van der Waals surface area contributed by atoms with Crippen molar-refractivity contribution in [2.45, 2.75) is 37.5 Å². The zero-order chi connectivity index (χ0) is 27.2. The van der Waals surface area contributed by atoms with Crippen LogP contribution in [0.5, 0.6) is 0 Å². The van der Waals surface area contributed by atoms with Gasteiger partial charge < -0.3 is 16.4 Å². The molecule has 2 fully saturated rings. The summed E-state index contributed by atoms with van der Waals surface area (Å²) in [6, 6.07) is 20.3. The lowest BCUT2D eigenvalue weighted by atomic mass is 9.86. The fourth-order valence-electron chi connectivity index (χ4n) is 5.87. The summed E-state index contributed by atoms with van der Waals surface area (Å²) >= 11 is 0. The molecule has 4 aromatic rings. The zero-order valence-corrected chi connectivity index (χ0v) is 23.0. The van der Waals surface area contributed by atoms with Crippen LogP contribution in [0.1, 0.15) is 37.9 Å². The van der Waals surface area contributed by atoms with E-state index in [0.717, 1.165) is 84.7 Å². The molecule has 6 rings (SSSR count). The first-order valence-electron chi connectivity index (χ1n) is 13.8. The third-order valence-corrected chi connectivity index (χ3v) is 8.31. The highest BCUT2D eigenvalue weighted by atomic mass is 16.2. The predicted molar refractivity (Wildman–Crippen MR) is 157 cm³/mol. The van der Waals surface area contributed by atoms with Gasteiger partial charge in [0.15, 0.2) is 11.5 Å². The molecule has 1 aliphatic heterocycles. The van der Waals surface area contributed by atoms with Gasteiger partial charge in [0, 0.05) is 50.9 Å². The molecule has 4 N–H and O–H groups in total. The number of amides is 1. The number of nitrogens with zero attached hydrogens (tertiary/aromatic N) is 4. The van der Waals surface area contributed by atoms with Gasteiger partial charge in [-0.25, -0.2) is 9.67 Å². The minimum Gasteiger partial charge on any atom is -0.382 e. The van der Waals surface area contributed by atoms with Crippen molar-refractivity contribution < 1.29 is 4.79 Å². The SMILES string of the molecule is Cn1nc(N)c2c(-c3ccc(NC(=O)C4(c5ccccc5)CC4)cc3)cc(C(C)(C)CN3CCNCC3)nc21. The number of hydrogen-bond donors (Lipinski definition) is 3. The molecule has 8 nitrogen and oxygen atoms in total. The topological polar surface area (TPSA) is 101 Å². The van der Waals surface area contributed by atoms with Crippen molar-refractivity contribution in [3.05, 3.63) is 71.9 Å². The molecule has 39 heavy (non-hydrogen) atoms. The second-order valence-electron chi connectivity index (χ2n) is 11.7. The minimum absolute atomic E-state index is 0.0567. The molecule has 202 valence electrons. The van der Waals surface area contributed by atoms with Gasteiger partial charge in [0.05, 0.1) is 16.5 Å². The Kier molecular flexibility index (Phi) is 6.40. The van der Waals surface area contributed by atoms with E-state index in [-0.39, 0.29) is 11.3 Å². The van der Waals surface area contributed by atoms with Gasteiger partial charge in [0.25, 0.3) is 0 Å². The van der Waals surface area contributed by atoms with Crippen molar-refractivity contribution in [1.82, 2.24) is 25.0 Å². The average Bonchev–Trinajstić information content (AvgIpc) is 3.70. The molecule has 1 aliphatic carbocycles. The molecule has 1 saturated carbocycles. The number of nitrogens with two attached hydrogens (primary N) is 1. The molecule has 0 radical (unpaired) electrons. The first-order chi connectivity index (χ1) is 18.8. The van der Waals surface area contributed by atoms with Gasteiger partial charge in [-0.15, -0.1) is 0 Å². The second kappa shape index (κ2) is 9.77. The van der Waals surface area contributed by atoms with Crippen LogP contribution in [0.2, 0.25) is 0 Å². The smallest absolute Gasteiger partial charge is 0.235 e. The molecule has 3 heterocycles. The number of nitrogen functional groups attached to an aromatic ring is 1. The van der Waals surface area contributed by atoms with Crippen LogP contribution in [0, 0.1) is 0 Å². The summed E-state index contributed by atoms with van der Waals surface area (Å²) in [5.74, 6) is 0.526. The van der Waals surface area contributed by atoms with Gasteiger partial charge in [-0.2, -0.15) is 5.10 Å². The number of benzene rings is 2. The number of aryl methyl sites for hydroxylation is 1. The summed E-state index contributed by atoms with van der Waals surface area (Å²) in [5.41, 5.74) is 11.5. The van der Waals surface area contributed by atoms with Crippen molar-refractivity contribution in [2.75, 3.05) is 43.8 Å². The van der Waals surface area contributed by atoms with Crippen molar-refractivity contribution in [1.29, 1.82) is 0 Å². The maximum absolute atomic E-state index is 13.2. The summed E-state index contributed by atoms with van der Waals surface area (Å²) in [5, 5.41) is 11.9. The summed E-state index contributed by atoms with van der Waals surface area (Å²) < 4.78 is 1.77. The van der Waals surface area contributed by atoms with Crippen molar-refractivity contribution in [3.8, 4) is 11.1 Å². The van der Waals surface area contributed by atoms with Crippen LogP contribution in [0.15, 0.2) is 60.7 Å². The Bertz CT molecular complexity index is 1500. The van der Waals surface area contributed by atoms with Gasteiger partial charge >= 0.3 is 0 Å². The number of anilines is 2. The number of piperazine rings is 1. The summed E-state index contributed by atoms with van der Waals surface area (Å²) in [4.78, 5) is 20.8. The summed E-state index contributed by atoms with van der Waals surface area (Å²) in [6.07, 6.45) is 1.76. The Morgan fingerprint density at radius 3 is 2.44 bits per heavy atom. The van der Waals surface area contributed by atoms with Crippen molar-refractivity contribution in [2.24, 2.45) is 7.05 Å². The molecule has 2 aliphatic rings. The van der Waals surface area contributed by atoms with E-state index in [1.807, 2.05) is 61.6 Å². The van der Waals surface area contributed by atoms with Crippen molar-refractivity contribution in [3.63, 3.8) is 0 Å². The largest absolute Gasteiger partial charge is 0.382 e. The molecule has 0 unspecified atom stereocenters. The van der Waals surface area contributed by atoms with Crippen LogP contribution >= 0.6 is 0 Å². The number of nitrogens with one attached hydrogen (secondary N) is 2. The first-order valence-corrected chi connectivity index (χ1v) is 13.8. The lowest BCUT2D eigenvalue weighted by molar-refractivity contribution is -0.118. The van der Waals surface area contributed by atoms with Gasteiger partial charge in [0.1, 0.15) is 0 Å². The highest BCUT2D eigenvalue weighted by molar-refractivity contribution is 6.03. The Hall–Kier alpha value is -3.75. The molecule has 8 heteroatoms. The van der Waals surface area contributed by atoms with E-state index in [9.17, 15) is 4.79 Å². The fourth-order valence-corrected chi connectivity index (χ4v) is 5.87. The standard InChI is InChI=1S/C31H37N7O/c1-30(2,20-38-17-15-33-16-18-38)25-19-24(26-27(32)36-37(3)28(26)35-25)21-9-11-23(12-10-21)34-29(39)31(13-14-31)22-7-5-4-6-8-22/h4-12,19,33H,13-18,20H2,1-3H3,(H2,32,36)(H,34,39). The van der Waals surface area contributed by atoms with Crippen LogP contribution in [0.3, 0.4) is 0 Å². The third-order valence-electron chi connectivity index (χ3n) is 8.31. The molecular formula is C31H37N7O. The van der Waals surface area contributed by atoms with E-state index in [1.54, 1.807) is 4.68 Å². The lowest BCUT2D eigenvalue weighted by Crippen LogP contribution is -2.48. The lowest BCUT2D eigenvalue weighted by Gasteiger charge is -2.35. The molecule has 0 spiro atoms. The maximum atomic E-state index is 13.2. The predicted octanol–water partition coefficient (Wildman–Crippen LogP) is 4.07. The number of hydrogen-bond acceptors (Lipinski definition) is 6. The molecule has 0 bridgehead atoms. The van der Waals surface area contributed by atoms with Crippen LogP contribution in [-0.4, -0.2) is 58.3 Å².